The minimum Gasteiger partial charge on any atom is -0.306 e. The molecule has 1 aromatic carbocycles. The normalized spacial score (nSPS) is 17.0. The van der Waals surface area contributed by atoms with Gasteiger partial charge in [0.1, 0.15) is 0 Å². The number of aryl methyl sites for hydroxylation is 1. The second-order valence-electron chi connectivity index (χ2n) is 6.04. The molecular weight excluding hydrogens is 284 g/mol. The Kier molecular flexibility index (Phi) is 3.90. The molecule has 0 spiro atoms. The molecule has 1 unspecified atom stereocenters. The number of aromatic amines is 1. The summed E-state index contributed by atoms with van der Waals surface area (Å²) in [5, 5.41) is 11.0. The highest BCUT2D eigenvalue weighted by Gasteiger charge is 2.19. The highest BCUT2D eigenvalue weighted by Crippen LogP contribution is 2.30. The van der Waals surface area contributed by atoms with Gasteiger partial charge < -0.3 is 5.32 Å². The van der Waals surface area contributed by atoms with Gasteiger partial charge in [-0.25, -0.2) is 0 Å². The van der Waals surface area contributed by atoms with Crippen LogP contribution in [0.2, 0.25) is 0 Å². The lowest BCUT2D eigenvalue weighted by Crippen LogP contribution is -2.24. The Hall–Kier alpha value is -2.46. The van der Waals surface area contributed by atoms with Crippen LogP contribution in [0, 0.1) is 0 Å². The summed E-state index contributed by atoms with van der Waals surface area (Å²) in [5.41, 5.74) is 6.24. The lowest BCUT2D eigenvalue weighted by molar-refractivity contribution is 0.459. The summed E-state index contributed by atoms with van der Waals surface area (Å²) in [6.07, 6.45) is 9.20. The maximum atomic E-state index is 4.21. The Labute approximate surface area is 136 Å². The molecule has 2 aromatic heterocycles. The largest absolute Gasteiger partial charge is 0.306 e. The van der Waals surface area contributed by atoms with Gasteiger partial charge in [0.2, 0.25) is 0 Å². The Balaban J connectivity index is 1.52. The van der Waals surface area contributed by atoms with Gasteiger partial charge >= 0.3 is 0 Å². The monoisotopic (exact) mass is 304 g/mol. The highest BCUT2D eigenvalue weighted by molar-refractivity contribution is 5.61. The van der Waals surface area contributed by atoms with Crippen molar-refractivity contribution in [2.24, 2.45) is 0 Å². The van der Waals surface area contributed by atoms with Gasteiger partial charge in [0, 0.05) is 36.1 Å². The number of aromatic nitrogens is 3. The van der Waals surface area contributed by atoms with E-state index in [0.29, 0.717) is 6.04 Å². The van der Waals surface area contributed by atoms with E-state index in [4.69, 9.17) is 0 Å². The molecule has 0 radical (unpaired) electrons. The lowest BCUT2D eigenvalue weighted by Gasteiger charge is -2.26. The fourth-order valence-corrected chi connectivity index (χ4v) is 3.40. The summed E-state index contributed by atoms with van der Waals surface area (Å²) in [4.78, 5) is 4.19. The van der Waals surface area contributed by atoms with Gasteiger partial charge in [0.15, 0.2) is 0 Å². The fourth-order valence-electron chi connectivity index (χ4n) is 3.40. The van der Waals surface area contributed by atoms with Crippen molar-refractivity contribution in [2.75, 3.05) is 0 Å². The Morgan fingerprint density at radius 2 is 2.09 bits per heavy atom. The van der Waals surface area contributed by atoms with E-state index in [2.05, 4.69) is 50.8 Å². The average Bonchev–Trinajstić information content (AvgIpc) is 3.09. The first-order chi connectivity index (χ1) is 11.4. The molecule has 1 atom stereocenters. The number of nitrogens with one attached hydrogen (secondary N) is 2. The molecule has 23 heavy (non-hydrogen) atoms. The van der Waals surface area contributed by atoms with E-state index >= 15 is 0 Å². The Morgan fingerprint density at radius 1 is 1.13 bits per heavy atom. The van der Waals surface area contributed by atoms with Crippen molar-refractivity contribution in [1.82, 2.24) is 20.5 Å². The SMILES string of the molecule is c1cncc(-c2[nH]ncc2CNC2CCCc3ccccc32)c1. The van der Waals surface area contributed by atoms with Crippen LogP contribution in [-0.4, -0.2) is 15.2 Å². The predicted molar refractivity (Wildman–Crippen MR) is 90.8 cm³/mol. The van der Waals surface area contributed by atoms with Gasteiger partial charge in [0.05, 0.1) is 11.9 Å². The third-order valence-corrected chi connectivity index (χ3v) is 4.58. The molecule has 3 aromatic rings. The summed E-state index contributed by atoms with van der Waals surface area (Å²) in [6.45, 7) is 0.805. The zero-order chi connectivity index (χ0) is 15.5. The summed E-state index contributed by atoms with van der Waals surface area (Å²) < 4.78 is 0. The molecule has 0 saturated heterocycles. The van der Waals surface area contributed by atoms with Crippen molar-refractivity contribution in [3.63, 3.8) is 0 Å². The van der Waals surface area contributed by atoms with E-state index in [9.17, 15) is 0 Å². The Bertz CT molecular complexity index is 779. The summed E-state index contributed by atoms with van der Waals surface area (Å²) in [6, 6.07) is 13.2. The molecular formula is C19H20N4. The van der Waals surface area contributed by atoms with E-state index in [1.54, 1.807) is 6.20 Å². The highest BCUT2D eigenvalue weighted by atomic mass is 15.1. The molecule has 116 valence electrons. The van der Waals surface area contributed by atoms with Gasteiger partial charge in [0.25, 0.3) is 0 Å². The lowest BCUT2D eigenvalue weighted by atomic mass is 9.87. The second-order valence-corrected chi connectivity index (χ2v) is 6.04. The predicted octanol–water partition coefficient (Wildman–Crippen LogP) is 3.64. The van der Waals surface area contributed by atoms with Crippen LogP contribution in [0.15, 0.2) is 55.0 Å². The molecule has 4 rings (SSSR count). The summed E-state index contributed by atoms with van der Waals surface area (Å²) >= 11 is 0. The van der Waals surface area contributed by atoms with Gasteiger partial charge in [-0.05, 0) is 42.5 Å². The molecule has 0 bridgehead atoms. The number of benzene rings is 1. The van der Waals surface area contributed by atoms with Crippen LogP contribution in [0.3, 0.4) is 0 Å². The minimum absolute atomic E-state index is 0.427. The minimum atomic E-state index is 0.427. The molecule has 0 saturated carbocycles. The molecule has 0 fully saturated rings. The van der Waals surface area contributed by atoms with E-state index in [0.717, 1.165) is 17.8 Å². The van der Waals surface area contributed by atoms with Gasteiger partial charge in [-0.2, -0.15) is 5.10 Å². The number of hydrogen-bond donors (Lipinski definition) is 2. The van der Waals surface area contributed by atoms with Crippen LogP contribution in [0.25, 0.3) is 11.3 Å². The van der Waals surface area contributed by atoms with Crippen molar-refractivity contribution in [1.29, 1.82) is 0 Å². The van der Waals surface area contributed by atoms with Crippen LogP contribution in [-0.2, 0) is 13.0 Å². The van der Waals surface area contributed by atoms with Crippen molar-refractivity contribution in [3.8, 4) is 11.3 Å². The second kappa shape index (κ2) is 6.34. The first-order valence-electron chi connectivity index (χ1n) is 8.15. The van der Waals surface area contributed by atoms with Gasteiger partial charge in [-0.1, -0.05) is 24.3 Å². The number of hydrogen-bond acceptors (Lipinski definition) is 3. The van der Waals surface area contributed by atoms with Crippen LogP contribution < -0.4 is 5.32 Å². The van der Waals surface area contributed by atoms with Crippen molar-refractivity contribution in [3.05, 3.63) is 71.7 Å². The third-order valence-electron chi connectivity index (χ3n) is 4.58. The molecule has 2 N–H and O–H groups in total. The van der Waals surface area contributed by atoms with Gasteiger partial charge in [-0.3, -0.25) is 10.1 Å². The first-order valence-corrected chi connectivity index (χ1v) is 8.15. The van der Waals surface area contributed by atoms with Crippen molar-refractivity contribution < 1.29 is 0 Å². The molecule has 1 aliphatic rings. The number of fused-ring (bicyclic) bond motifs is 1. The van der Waals surface area contributed by atoms with Crippen LogP contribution >= 0.6 is 0 Å². The zero-order valence-corrected chi connectivity index (χ0v) is 13.0. The van der Waals surface area contributed by atoms with E-state index < -0.39 is 0 Å². The fraction of sp³-hybridized carbons (Fsp3) is 0.263. The zero-order valence-electron chi connectivity index (χ0n) is 13.0. The van der Waals surface area contributed by atoms with E-state index in [1.165, 1.54) is 36.0 Å². The van der Waals surface area contributed by atoms with E-state index in [1.807, 2.05) is 18.5 Å². The van der Waals surface area contributed by atoms with Crippen LogP contribution in [0.4, 0.5) is 0 Å². The number of rotatable bonds is 4. The van der Waals surface area contributed by atoms with Crippen LogP contribution in [0.1, 0.15) is 35.6 Å². The maximum Gasteiger partial charge on any atom is 0.0710 e. The number of H-pyrrole nitrogens is 1. The molecule has 4 nitrogen and oxygen atoms in total. The van der Waals surface area contributed by atoms with Crippen molar-refractivity contribution in [2.45, 2.75) is 31.8 Å². The maximum absolute atomic E-state index is 4.21. The number of nitrogens with zero attached hydrogens (tertiary/aromatic N) is 2. The average molecular weight is 304 g/mol. The summed E-state index contributed by atoms with van der Waals surface area (Å²) in [7, 11) is 0. The topological polar surface area (TPSA) is 53.6 Å². The third kappa shape index (κ3) is 2.90. The molecule has 1 aliphatic carbocycles. The summed E-state index contributed by atoms with van der Waals surface area (Å²) in [5.74, 6) is 0. The van der Waals surface area contributed by atoms with Crippen LogP contribution in [0.5, 0.6) is 0 Å². The van der Waals surface area contributed by atoms with E-state index in [-0.39, 0.29) is 0 Å². The molecule has 0 aliphatic heterocycles. The molecule has 2 heterocycles. The Morgan fingerprint density at radius 3 is 3.00 bits per heavy atom. The smallest absolute Gasteiger partial charge is 0.0710 e. The quantitative estimate of drug-likeness (QED) is 0.774. The van der Waals surface area contributed by atoms with Gasteiger partial charge in [-0.15, -0.1) is 0 Å². The molecule has 0 amide bonds. The standard InChI is InChI=1S/C19H20N4/c1-2-8-17-14(5-1)6-3-9-18(17)21-12-16-13-22-23-19(16)15-7-4-10-20-11-15/h1-2,4-5,7-8,10-11,13,18,21H,3,6,9,12H2,(H,22,23). The molecule has 4 heteroatoms. The first kappa shape index (κ1) is 14.2. The van der Waals surface area contributed by atoms with Crippen molar-refractivity contribution >= 4 is 0 Å². The number of pyridine rings is 1.